The molecule has 1 aromatic carbocycles. The van der Waals surface area contributed by atoms with Crippen LogP contribution in [0.2, 0.25) is 0 Å². The highest BCUT2D eigenvalue weighted by Crippen LogP contribution is 2.27. The zero-order chi connectivity index (χ0) is 12.7. The molecule has 0 saturated carbocycles. The van der Waals surface area contributed by atoms with Crippen LogP contribution in [0, 0.1) is 0 Å². The number of aromatic amines is 1. The molecule has 0 aliphatic heterocycles. The Morgan fingerprint density at radius 2 is 2.17 bits per heavy atom. The summed E-state index contributed by atoms with van der Waals surface area (Å²) in [7, 11) is 0. The van der Waals surface area contributed by atoms with Crippen molar-refractivity contribution in [2.45, 2.75) is 0 Å². The predicted octanol–water partition coefficient (Wildman–Crippen LogP) is 2.23. The van der Waals surface area contributed by atoms with E-state index in [2.05, 4.69) is 9.97 Å². The monoisotopic (exact) mass is 240 g/mol. The van der Waals surface area contributed by atoms with E-state index in [1.807, 2.05) is 6.07 Å². The van der Waals surface area contributed by atoms with Crippen molar-refractivity contribution in [2.24, 2.45) is 0 Å². The Balaban J connectivity index is 2.49. The SMILES string of the molecule is O=Cc1cccc2[nH]c3cnc(C(=O)O)cc3c12. The number of carboxylic acids is 1. The molecule has 5 heteroatoms. The van der Waals surface area contributed by atoms with E-state index < -0.39 is 5.97 Å². The second-order valence-corrected chi connectivity index (χ2v) is 3.93. The third-order valence-electron chi connectivity index (χ3n) is 2.89. The number of hydrogen-bond acceptors (Lipinski definition) is 3. The van der Waals surface area contributed by atoms with E-state index in [0.717, 1.165) is 17.2 Å². The molecule has 88 valence electrons. The summed E-state index contributed by atoms with van der Waals surface area (Å²) in [6.45, 7) is 0. The fourth-order valence-corrected chi connectivity index (χ4v) is 2.10. The molecule has 18 heavy (non-hydrogen) atoms. The van der Waals surface area contributed by atoms with E-state index >= 15 is 0 Å². The molecule has 0 radical (unpaired) electrons. The third-order valence-corrected chi connectivity index (χ3v) is 2.89. The summed E-state index contributed by atoms with van der Waals surface area (Å²) in [5.41, 5.74) is 1.99. The number of carbonyl (C=O) groups excluding carboxylic acids is 1. The van der Waals surface area contributed by atoms with Crippen LogP contribution < -0.4 is 0 Å². The highest BCUT2D eigenvalue weighted by Gasteiger charge is 2.12. The fraction of sp³-hybridized carbons (Fsp3) is 0. The van der Waals surface area contributed by atoms with Gasteiger partial charge in [0.05, 0.1) is 11.7 Å². The number of nitrogens with zero attached hydrogens (tertiary/aromatic N) is 1. The van der Waals surface area contributed by atoms with Crippen LogP contribution >= 0.6 is 0 Å². The normalized spacial score (nSPS) is 10.9. The lowest BCUT2D eigenvalue weighted by Gasteiger charge is -1.96. The van der Waals surface area contributed by atoms with Crippen LogP contribution in [0.1, 0.15) is 20.8 Å². The average molecular weight is 240 g/mol. The maximum absolute atomic E-state index is 11.0. The summed E-state index contributed by atoms with van der Waals surface area (Å²) < 4.78 is 0. The minimum absolute atomic E-state index is 0.0379. The Morgan fingerprint density at radius 3 is 2.89 bits per heavy atom. The van der Waals surface area contributed by atoms with Crippen LogP contribution in [-0.2, 0) is 0 Å². The van der Waals surface area contributed by atoms with E-state index in [-0.39, 0.29) is 5.69 Å². The first-order valence-corrected chi connectivity index (χ1v) is 5.29. The largest absolute Gasteiger partial charge is 0.477 e. The van der Waals surface area contributed by atoms with Crippen molar-refractivity contribution in [1.82, 2.24) is 9.97 Å². The van der Waals surface area contributed by atoms with Gasteiger partial charge in [0.1, 0.15) is 5.69 Å². The van der Waals surface area contributed by atoms with Gasteiger partial charge in [0, 0.05) is 21.9 Å². The molecule has 0 aliphatic rings. The Hall–Kier alpha value is -2.69. The Morgan fingerprint density at radius 1 is 1.33 bits per heavy atom. The first-order valence-electron chi connectivity index (χ1n) is 5.29. The smallest absolute Gasteiger partial charge is 0.354 e. The lowest BCUT2D eigenvalue weighted by molar-refractivity contribution is 0.0690. The number of rotatable bonds is 2. The Kier molecular flexibility index (Phi) is 2.13. The number of hydrogen-bond donors (Lipinski definition) is 2. The number of aromatic carboxylic acids is 1. The second kappa shape index (κ2) is 3.66. The minimum Gasteiger partial charge on any atom is -0.477 e. The number of nitrogens with one attached hydrogen (secondary N) is 1. The van der Waals surface area contributed by atoms with Gasteiger partial charge in [0.25, 0.3) is 0 Å². The second-order valence-electron chi connectivity index (χ2n) is 3.93. The first-order chi connectivity index (χ1) is 8.70. The highest BCUT2D eigenvalue weighted by atomic mass is 16.4. The van der Waals surface area contributed by atoms with Gasteiger partial charge >= 0.3 is 5.97 Å². The molecule has 5 nitrogen and oxygen atoms in total. The molecular weight excluding hydrogens is 232 g/mol. The quantitative estimate of drug-likeness (QED) is 0.673. The van der Waals surface area contributed by atoms with E-state index in [1.54, 1.807) is 12.1 Å². The van der Waals surface area contributed by atoms with Crippen LogP contribution in [0.3, 0.4) is 0 Å². The van der Waals surface area contributed by atoms with Crippen molar-refractivity contribution < 1.29 is 14.7 Å². The number of carbonyl (C=O) groups is 2. The molecule has 0 atom stereocenters. The zero-order valence-corrected chi connectivity index (χ0v) is 9.18. The molecule has 0 unspecified atom stereocenters. The first kappa shape index (κ1) is 10.5. The molecule has 2 aromatic heterocycles. The van der Waals surface area contributed by atoms with Gasteiger partial charge in [-0.2, -0.15) is 0 Å². The molecule has 3 aromatic rings. The summed E-state index contributed by atoms with van der Waals surface area (Å²) in [5, 5.41) is 10.4. The molecule has 0 amide bonds. The van der Waals surface area contributed by atoms with Crippen LogP contribution in [0.25, 0.3) is 21.8 Å². The van der Waals surface area contributed by atoms with Crippen LogP contribution in [0.4, 0.5) is 0 Å². The lowest BCUT2D eigenvalue weighted by Crippen LogP contribution is -1.98. The number of carboxylic acid groups (broad SMARTS) is 1. The van der Waals surface area contributed by atoms with Gasteiger partial charge in [-0.05, 0) is 12.1 Å². The van der Waals surface area contributed by atoms with E-state index in [9.17, 15) is 9.59 Å². The van der Waals surface area contributed by atoms with Gasteiger partial charge in [-0.3, -0.25) is 4.79 Å². The molecule has 0 aliphatic carbocycles. The number of aldehydes is 1. The van der Waals surface area contributed by atoms with Gasteiger partial charge in [-0.25, -0.2) is 9.78 Å². The van der Waals surface area contributed by atoms with Gasteiger partial charge in [0.15, 0.2) is 6.29 Å². The van der Waals surface area contributed by atoms with E-state index in [4.69, 9.17) is 5.11 Å². The van der Waals surface area contributed by atoms with Gasteiger partial charge in [-0.15, -0.1) is 0 Å². The zero-order valence-electron chi connectivity index (χ0n) is 9.18. The highest BCUT2D eigenvalue weighted by molar-refractivity contribution is 6.14. The summed E-state index contributed by atoms with van der Waals surface area (Å²) in [5.74, 6) is -1.09. The van der Waals surface area contributed by atoms with Crippen molar-refractivity contribution in [1.29, 1.82) is 0 Å². The predicted molar refractivity (Wildman–Crippen MR) is 65.9 cm³/mol. The number of pyridine rings is 1. The Labute approximate surface area is 101 Å². The van der Waals surface area contributed by atoms with Crippen molar-refractivity contribution in [2.75, 3.05) is 0 Å². The average Bonchev–Trinajstić information content (AvgIpc) is 2.75. The molecule has 2 N–H and O–H groups in total. The van der Waals surface area contributed by atoms with Crippen molar-refractivity contribution in [3.05, 3.63) is 41.7 Å². The van der Waals surface area contributed by atoms with Crippen LogP contribution in [0.5, 0.6) is 0 Å². The van der Waals surface area contributed by atoms with E-state index in [1.165, 1.54) is 12.3 Å². The van der Waals surface area contributed by atoms with Crippen LogP contribution in [-0.4, -0.2) is 27.3 Å². The fourth-order valence-electron chi connectivity index (χ4n) is 2.10. The summed E-state index contributed by atoms with van der Waals surface area (Å²) in [6.07, 6.45) is 2.23. The van der Waals surface area contributed by atoms with Crippen molar-refractivity contribution in [3.8, 4) is 0 Å². The summed E-state index contributed by atoms with van der Waals surface area (Å²) in [4.78, 5) is 28.9. The van der Waals surface area contributed by atoms with Crippen molar-refractivity contribution in [3.63, 3.8) is 0 Å². The molecular formula is C13H8N2O3. The molecule has 0 saturated heterocycles. The molecule has 3 rings (SSSR count). The molecule has 2 heterocycles. The Bertz CT molecular complexity index is 789. The summed E-state index contributed by atoms with van der Waals surface area (Å²) >= 11 is 0. The number of benzene rings is 1. The van der Waals surface area contributed by atoms with E-state index in [0.29, 0.717) is 16.5 Å². The molecule has 0 fully saturated rings. The molecule has 0 bridgehead atoms. The standard InChI is InChI=1S/C13H8N2O3/c16-6-7-2-1-3-9-12(7)8-4-10(13(17)18)14-5-11(8)15-9/h1-6,15H,(H,17,18). The lowest BCUT2D eigenvalue weighted by atomic mass is 10.1. The third kappa shape index (κ3) is 1.37. The van der Waals surface area contributed by atoms with Gasteiger partial charge in [-0.1, -0.05) is 12.1 Å². The molecule has 0 spiro atoms. The maximum Gasteiger partial charge on any atom is 0.354 e. The number of H-pyrrole nitrogens is 1. The van der Waals surface area contributed by atoms with Crippen molar-refractivity contribution >= 4 is 34.1 Å². The van der Waals surface area contributed by atoms with Gasteiger partial charge < -0.3 is 10.1 Å². The topological polar surface area (TPSA) is 83.0 Å². The van der Waals surface area contributed by atoms with Gasteiger partial charge in [0.2, 0.25) is 0 Å². The summed E-state index contributed by atoms with van der Waals surface area (Å²) in [6, 6.07) is 6.78. The number of aromatic nitrogens is 2. The maximum atomic E-state index is 11.0. The van der Waals surface area contributed by atoms with Crippen LogP contribution in [0.15, 0.2) is 30.5 Å². The number of fused-ring (bicyclic) bond motifs is 3. The minimum atomic E-state index is -1.09.